The van der Waals surface area contributed by atoms with Crippen LogP contribution >= 0.6 is 11.6 Å². The Labute approximate surface area is 122 Å². The molecule has 0 spiro atoms. The fourth-order valence-electron chi connectivity index (χ4n) is 2.96. The third kappa shape index (κ3) is 1.95. The number of rotatable bonds is 2. The van der Waals surface area contributed by atoms with E-state index in [0.717, 1.165) is 6.42 Å². The SMILES string of the molecule is CC(O)C1=NC2(c3ccccc3Cl)CCC[C@H](O1)C2=O. The van der Waals surface area contributed by atoms with E-state index in [9.17, 15) is 9.90 Å². The number of aliphatic imine (C=N–C) groups is 1. The Kier molecular flexibility index (Phi) is 3.30. The summed E-state index contributed by atoms with van der Waals surface area (Å²) in [6.45, 7) is 1.59. The van der Waals surface area contributed by atoms with Gasteiger partial charge in [-0.25, -0.2) is 4.99 Å². The fraction of sp³-hybridized carbons (Fsp3) is 0.467. The highest BCUT2D eigenvalue weighted by atomic mass is 35.5. The second-order valence-electron chi connectivity index (χ2n) is 5.33. The first-order valence-electron chi connectivity index (χ1n) is 6.78. The number of carbonyl (C=O) groups excluding carboxylic acids is 1. The molecule has 1 aromatic rings. The molecular formula is C15H16ClNO3. The van der Waals surface area contributed by atoms with Crippen molar-refractivity contribution in [2.45, 2.75) is 43.9 Å². The molecule has 1 aromatic carbocycles. The van der Waals surface area contributed by atoms with Gasteiger partial charge in [0.1, 0.15) is 6.10 Å². The molecule has 1 heterocycles. The molecule has 3 atom stereocenters. The summed E-state index contributed by atoms with van der Waals surface area (Å²) in [4.78, 5) is 17.1. The Morgan fingerprint density at radius 1 is 1.50 bits per heavy atom. The van der Waals surface area contributed by atoms with Gasteiger partial charge in [-0.05, 0) is 32.3 Å². The fourth-order valence-corrected chi connectivity index (χ4v) is 3.26. The highest BCUT2D eigenvalue weighted by Gasteiger charge is 2.52. The normalized spacial score (nSPS) is 30.4. The van der Waals surface area contributed by atoms with E-state index in [-0.39, 0.29) is 11.7 Å². The van der Waals surface area contributed by atoms with Crippen molar-refractivity contribution < 1.29 is 14.6 Å². The zero-order chi connectivity index (χ0) is 14.3. The smallest absolute Gasteiger partial charge is 0.214 e. The van der Waals surface area contributed by atoms with E-state index in [1.54, 1.807) is 13.0 Å². The summed E-state index contributed by atoms with van der Waals surface area (Å²) in [6, 6.07) is 7.26. The molecule has 0 saturated heterocycles. The minimum Gasteiger partial charge on any atom is -0.468 e. The Morgan fingerprint density at radius 2 is 2.25 bits per heavy atom. The molecule has 5 heteroatoms. The predicted molar refractivity (Wildman–Crippen MR) is 76.0 cm³/mol. The lowest BCUT2D eigenvalue weighted by Gasteiger charge is -2.41. The first-order chi connectivity index (χ1) is 9.54. The maximum Gasteiger partial charge on any atom is 0.214 e. The number of nitrogens with zero attached hydrogens (tertiary/aromatic N) is 1. The molecule has 2 aliphatic rings. The van der Waals surface area contributed by atoms with Crippen LogP contribution in [-0.2, 0) is 15.1 Å². The number of hydrogen-bond donors (Lipinski definition) is 1. The molecule has 1 N–H and O–H groups in total. The monoisotopic (exact) mass is 293 g/mol. The van der Waals surface area contributed by atoms with Gasteiger partial charge in [-0.1, -0.05) is 29.8 Å². The largest absolute Gasteiger partial charge is 0.468 e. The van der Waals surface area contributed by atoms with Crippen molar-refractivity contribution in [3.8, 4) is 0 Å². The van der Waals surface area contributed by atoms with Crippen molar-refractivity contribution in [2.24, 2.45) is 4.99 Å². The number of ether oxygens (including phenoxy) is 1. The van der Waals surface area contributed by atoms with Crippen LogP contribution in [-0.4, -0.2) is 29.0 Å². The minimum atomic E-state index is -0.994. The number of aliphatic hydroxyl groups excluding tert-OH is 1. The molecule has 0 aromatic heterocycles. The lowest BCUT2D eigenvalue weighted by atomic mass is 9.74. The van der Waals surface area contributed by atoms with Crippen LogP contribution < -0.4 is 0 Å². The summed E-state index contributed by atoms with van der Waals surface area (Å²) in [6.07, 6.45) is 0.758. The second-order valence-corrected chi connectivity index (χ2v) is 5.74. The third-order valence-electron chi connectivity index (χ3n) is 3.95. The summed E-state index contributed by atoms with van der Waals surface area (Å²) >= 11 is 6.27. The lowest BCUT2D eigenvalue weighted by molar-refractivity contribution is -0.137. The summed E-state index contributed by atoms with van der Waals surface area (Å²) < 4.78 is 5.52. The number of benzene rings is 1. The zero-order valence-corrected chi connectivity index (χ0v) is 11.9. The molecule has 3 rings (SSSR count). The Balaban J connectivity index is 2.19. The van der Waals surface area contributed by atoms with Crippen LogP contribution in [0.1, 0.15) is 31.7 Å². The van der Waals surface area contributed by atoms with Gasteiger partial charge in [-0.2, -0.15) is 0 Å². The summed E-state index contributed by atoms with van der Waals surface area (Å²) in [7, 11) is 0. The van der Waals surface area contributed by atoms with Crippen molar-refractivity contribution in [1.29, 1.82) is 0 Å². The maximum absolute atomic E-state index is 12.7. The topological polar surface area (TPSA) is 58.9 Å². The van der Waals surface area contributed by atoms with E-state index in [4.69, 9.17) is 16.3 Å². The van der Waals surface area contributed by atoms with Gasteiger partial charge in [0.05, 0.1) is 0 Å². The van der Waals surface area contributed by atoms with Crippen LogP contribution in [0.15, 0.2) is 29.3 Å². The number of halogens is 1. The van der Waals surface area contributed by atoms with Gasteiger partial charge in [0.25, 0.3) is 0 Å². The Morgan fingerprint density at radius 3 is 2.95 bits per heavy atom. The third-order valence-corrected chi connectivity index (χ3v) is 4.28. The predicted octanol–water partition coefficient (Wildman–Crippen LogP) is 2.47. The first kappa shape index (κ1) is 13.6. The van der Waals surface area contributed by atoms with E-state index in [2.05, 4.69) is 4.99 Å². The van der Waals surface area contributed by atoms with Gasteiger partial charge in [0.2, 0.25) is 11.7 Å². The average molecular weight is 294 g/mol. The highest BCUT2D eigenvalue weighted by Crippen LogP contribution is 2.44. The van der Waals surface area contributed by atoms with Crippen LogP contribution in [0.5, 0.6) is 0 Å². The average Bonchev–Trinajstić information content (AvgIpc) is 2.39. The van der Waals surface area contributed by atoms with Crippen LogP contribution in [0.2, 0.25) is 5.02 Å². The number of fused-ring (bicyclic) bond motifs is 2. The van der Waals surface area contributed by atoms with Crippen molar-refractivity contribution >= 4 is 23.3 Å². The molecule has 0 amide bonds. The van der Waals surface area contributed by atoms with Gasteiger partial charge >= 0.3 is 0 Å². The molecule has 1 saturated carbocycles. The Hall–Kier alpha value is -1.39. The van der Waals surface area contributed by atoms with Gasteiger partial charge in [-0.3, -0.25) is 4.79 Å². The molecule has 1 aliphatic heterocycles. The number of aliphatic hydroxyl groups is 1. The zero-order valence-electron chi connectivity index (χ0n) is 11.2. The van der Waals surface area contributed by atoms with E-state index in [1.807, 2.05) is 18.2 Å². The van der Waals surface area contributed by atoms with Crippen LogP contribution in [0, 0.1) is 0 Å². The summed E-state index contributed by atoms with van der Waals surface area (Å²) in [5.74, 6) is 0.176. The van der Waals surface area contributed by atoms with Gasteiger partial charge in [0.15, 0.2) is 11.6 Å². The molecule has 2 unspecified atom stereocenters. The first-order valence-corrected chi connectivity index (χ1v) is 7.16. The molecule has 2 bridgehead atoms. The lowest BCUT2D eigenvalue weighted by Crippen LogP contribution is -2.52. The van der Waals surface area contributed by atoms with Crippen molar-refractivity contribution in [3.05, 3.63) is 34.9 Å². The van der Waals surface area contributed by atoms with E-state index < -0.39 is 17.7 Å². The van der Waals surface area contributed by atoms with E-state index in [0.29, 0.717) is 23.4 Å². The van der Waals surface area contributed by atoms with Gasteiger partial charge in [0, 0.05) is 10.6 Å². The highest BCUT2D eigenvalue weighted by molar-refractivity contribution is 6.32. The van der Waals surface area contributed by atoms with Crippen LogP contribution in [0.4, 0.5) is 0 Å². The van der Waals surface area contributed by atoms with Crippen LogP contribution in [0.3, 0.4) is 0 Å². The van der Waals surface area contributed by atoms with Crippen LogP contribution in [0.25, 0.3) is 0 Å². The second kappa shape index (κ2) is 4.86. The summed E-state index contributed by atoms with van der Waals surface area (Å²) in [5, 5.41) is 10.3. The number of Topliss-reactive ketones (excluding diaryl/α,β-unsaturated/α-hetero) is 1. The molecule has 4 nitrogen and oxygen atoms in total. The van der Waals surface area contributed by atoms with Crippen molar-refractivity contribution in [2.75, 3.05) is 0 Å². The molecule has 0 radical (unpaired) electrons. The summed E-state index contributed by atoms with van der Waals surface area (Å²) in [5.41, 5.74) is -0.288. The number of carbonyl (C=O) groups is 1. The van der Waals surface area contributed by atoms with Gasteiger partial charge < -0.3 is 9.84 Å². The van der Waals surface area contributed by atoms with Crippen molar-refractivity contribution in [1.82, 2.24) is 0 Å². The molecule has 20 heavy (non-hydrogen) atoms. The minimum absolute atomic E-state index is 0.0544. The quantitative estimate of drug-likeness (QED) is 0.911. The Bertz CT molecular complexity index is 584. The standard InChI is InChI=1S/C15H16ClNO3/c1-9(18)14-17-15(10-5-2-3-6-11(10)16)8-4-7-12(20-14)13(15)19/h2-3,5-6,9,12,18H,4,7-8H2,1H3/t9?,12-,15?/m0/s1. The van der Waals surface area contributed by atoms with E-state index in [1.165, 1.54) is 0 Å². The molecule has 1 aliphatic carbocycles. The van der Waals surface area contributed by atoms with Crippen molar-refractivity contribution in [3.63, 3.8) is 0 Å². The number of ketones is 1. The molecule has 1 fully saturated rings. The van der Waals surface area contributed by atoms with Gasteiger partial charge in [-0.15, -0.1) is 0 Å². The molecule has 106 valence electrons. The molecular weight excluding hydrogens is 278 g/mol. The van der Waals surface area contributed by atoms with E-state index >= 15 is 0 Å². The maximum atomic E-state index is 12.7. The number of hydrogen-bond acceptors (Lipinski definition) is 4.